The van der Waals surface area contributed by atoms with E-state index < -0.39 is 0 Å². The number of nitrogens with one attached hydrogen (secondary N) is 1. The Hall–Kier alpha value is -1.06. The van der Waals surface area contributed by atoms with Gasteiger partial charge >= 0.3 is 0 Å². The molecule has 0 aliphatic rings. The van der Waals surface area contributed by atoms with Crippen molar-refractivity contribution >= 4 is 0 Å². The third kappa shape index (κ3) is 4.51. The molecule has 1 aromatic carbocycles. The number of hydrogen-bond donors (Lipinski definition) is 3. The molecule has 0 aromatic heterocycles. The van der Waals surface area contributed by atoms with Gasteiger partial charge in [-0.05, 0) is 23.0 Å². The molecule has 1 unspecified atom stereocenters. The number of phenols is 1. The summed E-state index contributed by atoms with van der Waals surface area (Å²) in [4.78, 5) is 0. The Labute approximate surface area is 116 Å². The fraction of sp³-hybridized carbons (Fsp3) is 0.625. The van der Waals surface area contributed by atoms with E-state index in [1.54, 1.807) is 6.07 Å². The highest BCUT2D eigenvalue weighted by Gasteiger charge is 2.16. The molecule has 0 bridgehead atoms. The quantitative estimate of drug-likeness (QED) is 0.767. The van der Waals surface area contributed by atoms with Gasteiger partial charge in [0.05, 0.1) is 6.61 Å². The van der Waals surface area contributed by atoms with Crippen LogP contribution in [0.15, 0.2) is 18.2 Å². The van der Waals surface area contributed by atoms with E-state index in [9.17, 15) is 10.2 Å². The van der Waals surface area contributed by atoms with Crippen LogP contribution in [0, 0.1) is 5.92 Å². The van der Waals surface area contributed by atoms with Crippen LogP contribution in [0.1, 0.15) is 45.7 Å². The first-order valence-corrected chi connectivity index (χ1v) is 6.92. The van der Waals surface area contributed by atoms with Crippen LogP contribution in [-0.2, 0) is 12.0 Å². The summed E-state index contributed by atoms with van der Waals surface area (Å²) >= 11 is 0. The van der Waals surface area contributed by atoms with Gasteiger partial charge in [0.2, 0.25) is 0 Å². The Morgan fingerprint density at radius 2 is 1.84 bits per heavy atom. The van der Waals surface area contributed by atoms with E-state index in [0.29, 0.717) is 18.2 Å². The minimum Gasteiger partial charge on any atom is -0.508 e. The lowest BCUT2D eigenvalue weighted by Gasteiger charge is -2.23. The van der Waals surface area contributed by atoms with Gasteiger partial charge in [0.25, 0.3) is 0 Å². The molecule has 0 fully saturated rings. The standard InChI is InChI=1S/C16H27NO2/c1-11(2)14(10-18)17-9-12-8-13(16(3,4)5)6-7-15(12)19/h6-8,11,14,17-19H,9-10H2,1-5H3. The molecule has 0 spiro atoms. The first kappa shape index (κ1) is 16.0. The molecule has 0 heterocycles. The number of aromatic hydroxyl groups is 1. The summed E-state index contributed by atoms with van der Waals surface area (Å²) in [5.74, 6) is 0.666. The number of phenolic OH excluding ortho intramolecular Hbond substituents is 1. The van der Waals surface area contributed by atoms with Gasteiger partial charge < -0.3 is 15.5 Å². The monoisotopic (exact) mass is 265 g/mol. The lowest BCUT2D eigenvalue weighted by atomic mass is 9.86. The van der Waals surface area contributed by atoms with Gasteiger partial charge in [0.1, 0.15) is 5.75 Å². The molecule has 19 heavy (non-hydrogen) atoms. The Morgan fingerprint density at radius 3 is 2.32 bits per heavy atom. The number of hydrogen-bond acceptors (Lipinski definition) is 3. The van der Waals surface area contributed by atoms with E-state index in [4.69, 9.17) is 0 Å². The van der Waals surface area contributed by atoms with E-state index >= 15 is 0 Å². The molecule has 0 aliphatic heterocycles. The average Bonchev–Trinajstić information content (AvgIpc) is 2.30. The normalized spacial score (nSPS) is 13.8. The third-order valence-corrected chi connectivity index (χ3v) is 3.50. The zero-order valence-electron chi connectivity index (χ0n) is 12.7. The van der Waals surface area contributed by atoms with E-state index in [1.807, 2.05) is 12.1 Å². The molecule has 1 aromatic rings. The van der Waals surface area contributed by atoms with E-state index in [-0.39, 0.29) is 18.1 Å². The molecular formula is C16H27NO2. The van der Waals surface area contributed by atoms with E-state index in [0.717, 1.165) is 5.56 Å². The maximum atomic E-state index is 9.92. The van der Waals surface area contributed by atoms with Crippen LogP contribution in [-0.4, -0.2) is 22.9 Å². The number of benzene rings is 1. The summed E-state index contributed by atoms with van der Waals surface area (Å²) in [7, 11) is 0. The first-order valence-electron chi connectivity index (χ1n) is 6.92. The fourth-order valence-electron chi connectivity index (χ4n) is 1.95. The van der Waals surface area contributed by atoms with Crippen LogP contribution < -0.4 is 5.32 Å². The SMILES string of the molecule is CC(C)C(CO)NCc1cc(C(C)(C)C)ccc1O. The van der Waals surface area contributed by atoms with Crippen molar-refractivity contribution in [3.05, 3.63) is 29.3 Å². The van der Waals surface area contributed by atoms with Gasteiger partial charge in [-0.1, -0.05) is 46.8 Å². The van der Waals surface area contributed by atoms with Crippen LogP contribution in [0.2, 0.25) is 0 Å². The van der Waals surface area contributed by atoms with Crippen molar-refractivity contribution in [2.75, 3.05) is 6.61 Å². The Kier molecular flexibility index (Phi) is 5.39. The molecular weight excluding hydrogens is 238 g/mol. The summed E-state index contributed by atoms with van der Waals surface area (Å²) in [5, 5.41) is 22.5. The number of aliphatic hydroxyl groups is 1. The van der Waals surface area contributed by atoms with Crippen molar-refractivity contribution in [3.8, 4) is 5.75 Å². The fourth-order valence-corrected chi connectivity index (χ4v) is 1.95. The second-order valence-electron chi connectivity index (χ2n) is 6.51. The molecule has 3 N–H and O–H groups in total. The maximum Gasteiger partial charge on any atom is 0.120 e. The van der Waals surface area contributed by atoms with Crippen LogP contribution >= 0.6 is 0 Å². The highest BCUT2D eigenvalue weighted by atomic mass is 16.3. The van der Waals surface area contributed by atoms with Crippen LogP contribution in [0.4, 0.5) is 0 Å². The molecule has 3 nitrogen and oxygen atoms in total. The number of aliphatic hydroxyl groups excluding tert-OH is 1. The van der Waals surface area contributed by atoms with Gasteiger partial charge in [-0.25, -0.2) is 0 Å². The van der Waals surface area contributed by atoms with Gasteiger partial charge in [-0.2, -0.15) is 0 Å². The highest BCUT2D eigenvalue weighted by molar-refractivity contribution is 5.38. The average molecular weight is 265 g/mol. The molecule has 1 atom stereocenters. The van der Waals surface area contributed by atoms with Crippen LogP contribution in [0.25, 0.3) is 0 Å². The summed E-state index contributed by atoms with van der Waals surface area (Å²) in [6.45, 7) is 11.3. The van der Waals surface area contributed by atoms with Crippen molar-refractivity contribution in [2.45, 2.75) is 52.6 Å². The topological polar surface area (TPSA) is 52.5 Å². The molecule has 0 radical (unpaired) electrons. The van der Waals surface area contributed by atoms with E-state index in [1.165, 1.54) is 5.56 Å². The molecule has 3 heteroatoms. The van der Waals surface area contributed by atoms with Crippen molar-refractivity contribution in [1.82, 2.24) is 5.32 Å². The van der Waals surface area contributed by atoms with Crippen LogP contribution in [0.5, 0.6) is 5.75 Å². The Balaban J connectivity index is 2.83. The second-order valence-corrected chi connectivity index (χ2v) is 6.51. The van der Waals surface area contributed by atoms with Gasteiger partial charge in [-0.15, -0.1) is 0 Å². The first-order chi connectivity index (χ1) is 8.75. The third-order valence-electron chi connectivity index (χ3n) is 3.50. The summed E-state index contributed by atoms with van der Waals surface area (Å²) in [6.07, 6.45) is 0. The second kappa shape index (κ2) is 6.40. The van der Waals surface area contributed by atoms with E-state index in [2.05, 4.69) is 39.9 Å². The largest absolute Gasteiger partial charge is 0.508 e. The Morgan fingerprint density at radius 1 is 1.21 bits per heavy atom. The van der Waals surface area contributed by atoms with Gasteiger partial charge in [0, 0.05) is 18.2 Å². The van der Waals surface area contributed by atoms with Crippen molar-refractivity contribution in [2.24, 2.45) is 5.92 Å². The Bertz CT molecular complexity index is 408. The van der Waals surface area contributed by atoms with Crippen molar-refractivity contribution in [1.29, 1.82) is 0 Å². The molecule has 0 amide bonds. The summed E-state index contributed by atoms with van der Waals surface area (Å²) in [5.41, 5.74) is 2.15. The van der Waals surface area contributed by atoms with Crippen molar-refractivity contribution < 1.29 is 10.2 Å². The maximum absolute atomic E-state index is 9.92. The number of rotatable bonds is 5. The highest BCUT2D eigenvalue weighted by Crippen LogP contribution is 2.27. The van der Waals surface area contributed by atoms with Gasteiger partial charge in [-0.3, -0.25) is 0 Å². The zero-order chi connectivity index (χ0) is 14.6. The van der Waals surface area contributed by atoms with Gasteiger partial charge in [0.15, 0.2) is 0 Å². The molecule has 0 saturated carbocycles. The molecule has 1 rings (SSSR count). The molecule has 0 aliphatic carbocycles. The van der Waals surface area contributed by atoms with Crippen molar-refractivity contribution in [3.63, 3.8) is 0 Å². The lowest BCUT2D eigenvalue weighted by Crippen LogP contribution is -2.36. The summed E-state index contributed by atoms with van der Waals surface area (Å²) < 4.78 is 0. The summed E-state index contributed by atoms with van der Waals surface area (Å²) in [6, 6.07) is 5.81. The molecule has 0 saturated heterocycles. The van der Waals surface area contributed by atoms with Crippen LogP contribution in [0.3, 0.4) is 0 Å². The minimum atomic E-state index is 0.0534. The zero-order valence-corrected chi connectivity index (χ0v) is 12.7. The lowest BCUT2D eigenvalue weighted by molar-refractivity contribution is 0.209. The minimum absolute atomic E-state index is 0.0534. The predicted octanol–water partition coefficient (Wildman–Crippen LogP) is 2.80. The molecule has 108 valence electrons. The predicted molar refractivity (Wildman–Crippen MR) is 79.4 cm³/mol. The smallest absolute Gasteiger partial charge is 0.120 e.